The summed E-state index contributed by atoms with van der Waals surface area (Å²) in [5.74, 6) is -1.26. The minimum atomic E-state index is -1.65. The number of rotatable bonds is 1. The van der Waals surface area contributed by atoms with E-state index in [1.54, 1.807) is 0 Å². The minimum absolute atomic E-state index is 0.117. The molecule has 2 atom stereocenters. The van der Waals surface area contributed by atoms with Crippen LogP contribution in [-0.4, -0.2) is 32.3 Å². The van der Waals surface area contributed by atoms with Crippen molar-refractivity contribution in [1.82, 2.24) is 5.32 Å². The van der Waals surface area contributed by atoms with Crippen LogP contribution in [0.25, 0.3) is 0 Å². The van der Waals surface area contributed by atoms with Gasteiger partial charge < -0.3 is 10.4 Å². The SMILES string of the molecule is O=C(O)C1CS(=O)C(=O)N1. The molecule has 1 rings (SSSR count). The molecule has 10 heavy (non-hydrogen) atoms. The number of nitrogens with one attached hydrogen (secondary N) is 1. The fourth-order valence-corrected chi connectivity index (χ4v) is 1.56. The Morgan fingerprint density at radius 3 is 2.60 bits per heavy atom. The van der Waals surface area contributed by atoms with Gasteiger partial charge in [0.15, 0.2) is 0 Å². The van der Waals surface area contributed by atoms with Crippen LogP contribution in [0, 0.1) is 0 Å². The van der Waals surface area contributed by atoms with E-state index >= 15 is 0 Å². The van der Waals surface area contributed by atoms with Crippen molar-refractivity contribution in [2.24, 2.45) is 0 Å². The van der Waals surface area contributed by atoms with E-state index in [2.05, 4.69) is 5.32 Å². The van der Waals surface area contributed by atoms with Crippen LogP contribution in [0.5, 0.6) is 0 Å². The zero-order valence-electron chi connectivity index (χ0n) is 4.86. The van der Waals surface area contributed by atoms with Crippen molar-refractivity contribution in [3.8, 4) is 0 Å². The fraction of sp³-hybridized carbons (Fsp3) is 0.500. The van der Waals surface area contributed by atoms with E-state index in [4.69, 9.17) is 5.11 Å². The molecule has 2 unspecified atom stereocenters. The smallest absolute Gasteiger partial charge is 0.327 e. The maximum absolute atomic E-state index is 10.5. The molecule has 0 aliphatic carbocycles. The maximum atomic E-state index is 10.5. The van der Waals surface area contributed by atoms with E-state index in [0.29, 0.717) is 0 Å². The molecule has 56 valence electrons. The van der Waals surface area contributed by atoms with E-state index in [-0.39, 0.29) is 5.75 Å². The number of carbonyl (C=O) groups is 2. The molecule has 1 saturated heterocycles. The normalized spacial score (nSPS) is 31.8. The van der Waals surface area contributed by atoms with Crippen LogP contribution in [0.2, 0.25) is 0 Å². The summed E-state index contributed by atoms with van der Waals surface area (Å²) in [5, 5.41) is 9.68. The Bertz CT molecular complexity index is 197. The van der Waals surface area contributed by atoms with Gasteiger partial charge >= 0.3 is 11.2 Å². The predicted octanol–water partition coefficient (Wildman–Crippen LogP) is -1.09. The minimum Gasteiger partial charge on any atom is -0.480 e. The van der Waals surface area contributed by atoms with Crippen LogP contribution < -0.4 is 5.32 Å². The van der Waals surface area contributed by atoms with Gasteiger partial charge in [0, 0.05) is 0 Å². The molecular formula is C4H5NO4S. The highest BCUT2D eigenvalue weighted by Gasteiger charge is 2.33. The van der Waals surface area contributed by atoms with Gasteiger partial charge in [-0.1, -0.05) is 0 Å². The molecule has 0 radical (unpaired) electrons. The zero-order chi connectivity index (χ0) is 7.72. The molecule has 0 aromatic carbocycles. The van der Waals surface area contributed by atoms with Crippen molar-refractivity contribution in [1.29, 1.82) is 0 Å². The highest BCUT2D eigenvalue weighted by Crippen LogP contribution is 2.00. The largest absolute Gasteiger partial charge is 0.480 e. The van der Waals surface area contributed by atoms with Crippen LogP contribution >= 0.6 is 0 Å². The average Bonchev–Trinajstić information content (AvgIpc) is 2.13. The lowest BCUT2D eigenvalue weighted by Crippen LogP contribution is -2.33. The van der Waals surface area contributed by atoms with Crippen LogP contribution in [0.15, 0.2) is 0 Å². The quantitative estimate of drug-likeness (QED) is 0.514. The fourth-order valence-electron chi connectivity index (χ4n) is 0.610. The molecule has 1 heterocycles. The highest BCUT2D eigenvalue weighted by atomic mass is 32.2. The Morgan fingerprint density at radius 2 is 2.40 bits per heavy atom. The number of carbonyl (C=O) groups excluding carboxylic acids is 1. The Labute approximate surface area is 58.9 Å². The third-order valence-corrected chi connectivity index (χ3v) is 2.28. The third kappa shape index (κ3) is 1.15. The first-order chi connectivity index (χ1) is 4.61. The van der Waals surface area contributed by atoms with Gasteiger partial charge in [0.2, 0.25) is 0 Å². The molecule has 1 aliphatic heterocycles. The van der Waals surface area contributed by atoms with E-state index in [1.165, 1.54) is 0 Å². The molecule has 0 aromatic heterocycles. The topological polar surface area (TPSA) is 83.5 Å². The van der Waals surface area contributed by atoms with Crippen molar-refractivity contribution >= 4 is 22.0 Å². The molecule has 0 saturated carbocycles. The Hall–Kier alpha value is -0.910. The van der Waals surface area contributed by atoms with Crippen LogP contribution in [-0.2, 0) is 15.6 Å². The number of hydrogen-bond donors (Lipinski definition) is 2. The van der Waals surface area contributed by atoms with Crippen molar-refractivity contribution in [2.45, 2.75) is 6.04 Å². The molecule has 0 bridgehead atoms. The van der Waals surface area contributed by atoms with Crippen molar-refractivity contribution in [3.63, 3.8) is 0 Å². The van der Waals surface area contributed by atoms with Gasteiger partial charge in [-0.05, 0) is 0 Å². The van der Waals surface area contributed by atoms with Gasteiger partial charge in [-0.2, -0.15) is 0 Å². The first kappa shape index (κ1) is 7.20. The first-order valence-corrected chi connectivity index (χ1v) is 3.85. The number of carboxylic acids is 1. The average molecular weight is 163 g/mol. The molecule has 2 N–H and O–H groups in total. The lowest BCUT2D eigenvalue weighted by atomic mass is 10.4. The zero-order valence-corrected chi connectivity index (χ0v) is 5.68. The lowest BCUT2D eigenvalue weighted by molar-refractivity contribution is -0.138. The summed E-state index contributed by atoms with van der Waals surface area (Å²) < 4.78 is 10.5. The number of hydrogen-bond acceptors (Lipinski definition) is 3. The van der Waals surface area contributed by atoms with Gasteiger partial charge in [0.05, 0.1) is 5.75 Å². The summed E-state index contributed by atoms with van der Waals surface area (Å²) >= 11 is 0. The molecular weight excluding hydrogens is 158 g/mol. The van der Waals surface area contributed by atoms with Gasteiger partial charge in [0.25, 0.3) is 0 Å². The summed E-state index contributed by atoms with van der Waals surface area (Å²) in [6.07, 6.45) is 0. The summed E-state index contributed by atoms with van der Waals surface area (Å²) in [7, 11) is -1.65. The molecule has 6 heteroatoms. The van der Waals surface area contributed by atoms with E-state index in [0.717, 1.165) is 0 Å². The maximum Gasteiger partial charge on any atom is 0.327 e. The second kappa shape index (κ2) is 2.37. The van der Waals surface area contributed by atoms with Crippen molar-refractivity contribution in [3.05, 3.63) is 0 Å². The summed E-state index contributed by atoms with van der Waals surface area (Å²) in [5.41, 5.74) is 0. The van der Waals surface area contributed by atoms with Crippen molar-refractivity contribution in [2.75, 3.05) is 5.75 Å². The Morgan fingerprint density at radius 1 is 1.80 bits per heavy atom. The standard InChI is InChI=1S/C4H5NO4S/c6-3(7)2-1-10(9)4(8)5-2/h2H,1H2,(H,5,8)(H,6,7). The molecule has 0 aromatic rings. The molecule has 1 amide bonds. The van der Waals surface area contributed by atoms with Gasteiger partial charge in [-0.25, -0.2) is 9.00 Å². The first-order valence-electron chi connectivity index (χ1n) is 2.53. The van der Waals surface area contributed by atoms with Crippen LogP contribution in [0.3, 0.4) is 0 Å². The summed E-state index contributed by atoms with van der Waals surface area (Å²) in [6.45, 7) is 0. The number of aliphatic carboxylic acids is 1. The van der Waals surface area contributed by atoms with E-state index in [9.17, 15) is 13.8 Å². The Kier molecular flexibility index (Phi) is 1.71. The monoisotopic (exact) mass is 163 g/mol. The summed E-state index contributed by atoms with van der Waals surface area (Å²) in [4.78, 5) is 20.6. The number of carboxylic acid groups (broad SMARTS) is 1. The molecule has 1 aliphatic rings. The number of amides is 1. The third-order valence-electron chi connectivity index (χ3n) is 1.12. The highest BCUT2D eigenvalue weighted by molar-refractivity contribution is 8.00. The van der Waals surface area contributed by atoms with E-state index in [1.807, 2.05) is 0 Å². The van der Waals surface area contributed by atoms with Crippen molar-refractivity contribution < 1.29 is 18.9 Å². The lowest BCUT2D eigenvalue weighted by Gasteiger charge is -1.97. The van der Waals surface area contributed by atoms with Crippen LogP contribution in [0.4, 0.5) is 4.79 Å². The predicted molar refractivity (Wildman–Crippen MR) is 33.0 cm³/mol. The van der Waals surface area contributed by atoms with Gasteiger partial charge in [-0.3, -0.25) is 4.79 Å². The molecule has 1 fully saturated rings. The van der Waals surface area contributed by atoms with Gasteiger partial charge in [-0.15, -0.1) is 0 Å². The second-order valence-corrected chi connectivity index (χ2v) is 3.23. The van der Waals surface area contributed by atoms with E-state index < -0.39 is 28.0 Å². The second-order valence-electron chi connectivity index (χ2n) is 1.83. The molecule has 5 nitrogen and oxygen atoms in total. The van der Waals surface area contributed by atoms with Crippen LogP contribution in [0.1, 0.15) is 0 Å². The molecule has 0 spiro atoms. The van der Waals surface area contributed by atoms with Gasteiger partial charge in [0.1, 0.15) is 16.8 Å². The summed E-state index contributed by atoms with van der Waals surface area (Å²) in [6, 6.07) is -0.965. The Balaban J connectivity index is 2.66.